The lowest BCUT2D eigenvalue weighted by atomic mass is 9.33. The molecule has 0 saturated heterocycles. The number of amides is 1. The number of ketones is 1. The van der Waals surface area contributed by atoms with E-state index in [4.69, 9.17) is 21.1 Å². The van der Waals surface area contributed by atoms with E-state index in [1.54, 1.807) is 32.2 Å². The smallest absolute Gasteiger partial charge is 0.312 e. The molecule has 1 amide bonds. The van der Waals surface area contributed by atoms with Crippen LogP contribution in [-0.2, 0) is 28.7 Å². The highest BCUT2D eigenvalue weighted by molar-refractivity contribution is 6.30. The van der Waals surface area contributed by atoms with Crippen molar-refractivity contribution in [1.82, 2.24) is 10.3 Å². The Morgan fingerprint density at radius 3 is 2.22 bits per heavy atom. The maximum atomic E-state index is 14.1. The van der Waals surface area contributed by atoms with Crippen molar-refractivity contribution in [1.29, 1.82) is 0 Å². The molecular formula is C49H71ClN2O6. The van der Waals surface area contributed by atoms with Crippen molar-refractivity contribution in [3.8, 4) is 0 Å². The van der Waals surface area contributed by atoms with Crippen molar-refractivity contribution >= 4 is 35.2 Å². The Morgan fingerprint density at radius 2 is 1.60 bits per heavy atom. The Labute approximate surface area is 353 Å². The Balaban J connectivity index is 1.23. The fourth-order valence-electron chi connectivity index (χ4n) is 13.3. The maximum Gasteiger partial charge on any atom is 0.312 e. The highest BCUT2D eigenvalue weighted by Crippen LogP contribution is 2.77. The Hall–Kier alpha value is -3.00. The molecule has 5 aliphatic rings. The average Bonchev–Trinajstić information content (AvgIpc) is 3.40. The molecule has 4 fully saturated rings. The molecule has 0 aromatic carbocycles. The van der Waals surface area contributed by atoms with Crippen molar-refractivity contribution in [2.24, 2.45) is 56.2 Å². The molecule has 0 spiro atoms. The quantitative estimate of drug-likeness (QED) is 0.195. The van der Waals surface area contributed by atoms with Gasteiger partial charge in [-0.05, 0) is 162 Å². The van der Waals surface area contributed by atoms with Gasteiger partial charge in [0.25, 0.3) is 0 Å². The second kappa shape index (κ2) is 15.2. The van der Waals surface area contributed by atoms with Crippen LogP contribution >= 0.6 is 11.6 Å². The molecule has 1 aromatic rings. The minimum absolute atomic E-state index is 0.0148. The Bertz CT molecular complexity index is 1870. The van der Waals surface area contributed by atoms with Gasteiger partial charge < -0.3 is 14.8 Å². The van der Waals surface area contributed by atoms with Crippen molar-refractivity contribution < 1.29 is 28.7 Å². The van der Waals surface area contributed by atoms with Gasteiger partial charge in [0, 0.05) is 23.4 Å². The van der Waals surface area contributed by atoms with Crippen LogP contribution in [0.4, 0.5) is 0 Å². The van der Waals surface area contributed by atoms with Crippen LogP contribution in [0, 0.1) is 56.2 Å². The summed E-state index contributed by atoms with van der Waals surface area (Å²) in [6, 6.07) is 3.31. The summed E-state index contributed by atoms with van der Waals surface area (Å²) in [5, 5.41) is 3.63. The lowest BCUT2D eigenvalue weighted by Crippen LogP contribution is -2.65. The van der Waals surface area contributed by atoms with Crippen molar-refractivity contribution in [3.63, 3.8) is 0 Å². The van der Waals surface area contributed by atoms with Crippen molar-refractivity contribution in [3.05, 3.63) is 52.3 Å². The molecule has 9 heteroatoms. The van der Waals surface area contributed by atoms with Crippen LogP contribution in [0.15, 0.2) is 41.6 Å². The first-order valence-corrected chi connectivity index (χ1v) is 22.4. The molecule has 6 rings (SSSR count). The molecule has 0 radical (unpaired) electrons. The maximum absolute atomic E-state index is 14.1. The van der Waals surface area contributed by atoms with Crippen LogP contribution in [-0.4, -0.2) is 40.3 Å². The second-order valence-electron chi connectivity index (χ2n) is 22.2. The van der Waals surface area contributed by atoms with E-state index in [9.17, 15) is 19.2 Å². The molecular weight excluding hydrogens is 748 g/mol. The fourth-order valence-corrected chi connectivity index (χ4v) is 13.4. The number of nitrogens with zero attached hydrogens (tertiary/aromatic N) is 1. The normalized spacial score (nSPS) is 35.1. The van der Waals surface area contributed by atoms with E-state index in [0.717, 1.165) is 62.6 Å². The van der Waals surface area contributed by atoms with E-state index in [1.165, 1.54) is 5.57 Å². The number of rotatable bonds is 9. The summed E-state index contributed by atoms with van der Waals surface area (Å²) >= 11 is 6.05. The van der Waals surface area contributed by atoms with Crippen LogP contribution in [0.1, 0.15) is 166 Å². The number of carbonyl (C=O) groups excluding carboxylic acids is 4. The number of allylic oxidation sites excluding steroid dienone is 3. The van der Waals surface area contributed by atoms with E-state index >= 15 is 0 Å². The van der Waals surface area contributed by atoms with Crippen LogP contribution < -0.4 is 5.32 Å². The summed E-state index contributed by atoms with van der Waals surface area (Å²) < 4.78 is 12.0. The van der Waals surface area contributed by atoms with Gasteiger partial charge in [0.1, 0.15) is 11.7 Å². The lowest BCUT2D eigenvalue weighted by molar-refractivity contribution is -0.232. The highest BCUT2D eigenvalue weighted by Gasteiger charge is 2.70. The third-order valence-electron chi connectivity index (χ3n) is 16.3. The molecule has 0 bridgehead atoms. The summed E-state index contributed by atoms with van der Waals surface area (Å²) in [7, 11) is 0. The molecule has 0 aliphatic heterocycles. The minimum Gasteiger partial charge on any atom is -0.462 e. The zero-order chi connectivity index (χ0) is 43.0. The van der Waals surface area contributed by atoms with Crippen LogP contribution in [0.2, 0.25) is 5.02 Å². The zero-order valence-electron chi connectivity index (χ0n) is 37.7. The monoisotopic (exact) mass is 819 g/mol. The van der Waals surface area contributed by atoms with Crippen LogP contribution in [0.3, 0.4) is 0 Å². The number of aromatic nitrogens is 1. The summed E-state index contributed by atoms with van der Waals surface area (Å²) in [5.41, 5.74) is 0.842. The first-order chi connectivity index (χ1) is 26.7. The van der Waals surface area contributed by atoms with Gasteiger partial charge in [0.15, 0.2) is 5.78 Å². The number of pyridine rings is 1. The number of nitrogens with one attached hydrogen (secondary N) is 1. The fraction of sp³-hybridized carbons (Fsp3) is 0.735. The molecule has 1 aromatic heterocycles. The summed E-state index contributed by atoms with van der Waals surface area (Å²) in [6.07, 6.45) is 13.4. The zero-order valence-corrected chi connectivity index (χ0v) is 38.5. The summed E-state index contributed by atoms with van der Waals surface area (Å²) in [4.78, 5) is 58.4. The highest BCUT2D eigenvalue weighted by atomic mass is 35.5. The lowest BCUT2D eigenvalue weighted by Gasteiger charge is -2.72. The van der Waals surface area contributed by atoms with Gasteiger partial charge in [0.2, 0.25) is 5.91 Å². The number of hydrogen-bond donors (Lipinski definition) is 1. The standard InChI is InChI=1S/C49H71ClN2O6/c1-29(2)40-34(53)26-49(23-20-38(54)52-30(3)33-16-14-31(50)28-51-33)25-24-47(12)32(41(40)49)15-17-36-46(11)21-19-37(45(9,10)35(46)18-22-48(36,47)13)57-39(55)27-44(7,8)42(56)58-43(4,5)6/h14,16,20,23,28-30,32,35-37H,15,17-19,21-22,24-27H2,1-13H3,(H,52,54)/b23-20+/t30-,32-,35+,36-,37+,46+,47-,48-,49+/m1/s1. The van der Waals surface area contributed by atoms with E-state index < -0.39 is 16.4 Å². The first kappa shape index (κ1) is 44.5. The van der Waals surface area contributed by atoms with Gasteiger partial charge in [0.05, 0.1) is 28.6 Å². The number of hydrogen-bond acceptors (Lipinski definition) is 7. The number of carbonyl (C=O) groups is 4. The van der Waals surface area contributed by atoms with E-state index in [0.29, 0.717) is 23.3 Å². The molecule has 0 unspecified atom stereocenters. The molecule has 1 heterocycles. The third kappa shape index (κ3) is 7.64. The topological polar surface area (TPSA) is 112 Å². The average molecular weight is 820 g/mol. The number of Topliss-reactive ketones (excluding diaryl/α,β-unsaturated/α-hetero) is 1. The van der Waals surface area contributed by atoms with E-state index in [-0.39, 0.29) is 75.7 Å². The Morgan fingerprint density at radius 1 is 0.914 bits per heavy atom. The number of ether oxygens (including phenoxy) is 2. The largest absolute Gasteiger partial charge is 0.462 e. The van der Waals surface area contributed by atoms with Gasteiger partial charge in [-0.3, -0.25) is 24.2 Å². The molecule has 4 saturated carbocycles. The third-order valence-corrected chi connectivity index (χ3v) is 16.6. The van der Waals surface area contributed by atoms with Gasteiger partial charge in [-0.15, -0.1) is 0 Å². The molecule has 9 atom stereocenters. The van der Waals surface area contributed by atoms with Gasteiger partial charge in [-0.1, -0.05) is 66.1 Å². The van der Waals surface area contributed by atoms with Crippen molar-refractivity contribution in [2.45, 2.75) is 172 Å². The molecule has 58 heavy (non-hydrogen) atoms. The Kier molecular flexibility index (Phi) is 11.7. The van der Waals surface area contributed by atoms with Gasteiger partial charge >= 0.3 is 11.9 Å². The molecule has 1 N–H and O–H groups in total. The minimum atomic E-state index is -0.985. The number of halogens is 1. The molecule has 320 valence electrons. The van der Waals surface area contributed by atoms with Crippen LogP contribution in [0.25, 0.3) is 0 Å². The number of esters is 2. The van der Waals surface area contributed by atoms with Gasteiger partial charge in [-0.25, -0.2) is 0 Å². The first-order valence-electron chi connectivity index (χ1n) is 22.0. The van der Waals surface area contributed by atoms with Crippen molar-refractivity contribution in [2.75, 3.05) is 0 Å². The SMILES string of the molecule is CC(C)C1=C2[C@H]3CC[C@@H]4[C@@]5(C)CC[C@H](OC(=O)CC(C)(C)C(=O)OC(C)(C)C)C(C)(C)[C@@H]5CC[C@@]4(C)[C@]3(C)CC[C@@]2(/C=C/C(=O)N[C@H](C)c2ccc(Cl)cn2)CC1=O. The van der Waals surface area contributed by atoms with E-state index in [2.05, 4.69) is 64.8 Å². The predicted octanol–water partition coefficient (Wildman–Crippen LogP) is 11.1. The van der Waals surface area contributed by atoms with Crippen LogP contribution in [0.5, 0.6) is 0 Å². The molecule has 5 aliphatic carbocycles. The van der Waals surface area contributed by atoms with E-state index in [1.807, 2.05) is 33.8 Å². The summed E-state index contributed by atoms with van der Waals surface area (Å²) in [6.45, 7) is 27.5. The molecule has 8 nitrogen and oxygen atoms in total. The number of fused-ring (bicyclic) bond motifs is 7. The predicted molar refractivity (Wildman–Crippen MR) is 228 cm³/mol. The van der Waals surface area contributed by atoms with Gasteiger partial charge in [-0.2, -0.15) is 0 Å². The second-order valence-corrected chi connectivity index (χ2v) is 22.7. The summed E-state index contributed by atoms with van der Waals surface area (Å²) in [5.74, 6) is 0.555.